The van der Waals surface area contributed by atoms with Gasteiger partial charge in [0.25, 0.3) is 0 Å². The predicted octanol–water partition coefficient (Wildman–Crippen LogP) is 3.67. The lowest BCUT2D eigenvalue weighted by molar-refractivity contribution is 0.155. The van der Waals surface area contributed by atoms with Crippen LogP contribution in [0.1, 0.15) is 43.2 Å². The van der Waals surface area contributed by atoms with Crippen LogP contribution in [0.5, 0.6) is 5.75 Å². The van der Waals surface area contributed by atoms with E-state index in [0.29, 0.717) is 24.0 Å². The summed E-state index contributed by atoms with van der Waals surface area (Å²) >= 11 is 0. The van der Waals surface area contributed by atoms with Gasteiger partial charge in [0.1, 0.15) is 5.75 Å². The minimum Gasteiger partial charge on any atom is -0.490 e. The van der Waals surface area contributed by atoms with E-state index in [1.807, 2.05) is 54.6 Å². The van der Waals surface area contributed by atoms with Crippen molar-refractivity contribution >= 4 is 11.7 Å². The van der Waals surface area contributed by atoms with Crippen molar-refractivity contribution in [2.24, 2.45) is 11.6 Å². The maximum Gasteiger partial charge on any atom is 0.317 e. The fraction of sp³-hybridized carbons (Fsp3) is 0.400. The van der Waals surface area contributed by atoms with E-state index in [2.05, 4.69) is 5.32 Å². The number of rotatable bonds is 8. The molecule has 1 fully saturated rings. The van der Waals surface area contributed by atoms with Gasteiger partial charge in [-0.2, -0.15) is 0 Å². The first-order valence-corrected chi connectivity index (χ1v) is 11.2. The first kappa shape index (κ1) is 23.5. The molecule has 1 saturated carbocycles. The third kappa shape index (κ3) is 6.65. The Morgan fingerprint density at radius 2 is 1.69 bits per heavy atom. The molecule has 5 N–H and O–H groups in total. The average Bonchev–Trinajstić information content (AvgIpc) is 2.80. The smallest absolute Gasteiger partial charge is 0.317 e. The van der Waals surface area contributed by atoms with E-state index in [-0.39, 0.29) is 12.6 Å². The van der Waals surface area contributed by atoms with Gasteiger partial charge in [-0.3, -0.25) is 0 Å². The van der Waals surface area contributed by atoms with E-state index >= 15 is 0 Å². The van der Waals surface area contributed by atoms with Crippen LogP contribution in [-0.4, -0.2) is 42.7 Å². The number of hydrogen-bond donors (Lipinski definition) is 3. The summed E-state index contributed by atoms with van der Waals surface area (Å²) in [6.07, 6.45) is 6.30. The number of nitrogens with zero attached hydrogens (tertiary/aromatic N) is 2. The Kier molecular flexibility index (Phi) is 8.39. The third-order valence-electron chi connectivity index (χ3n) is 5.77. The summed E-state index contributed by atoms with van der Waals surface area (Å²) in [6.45, 7) is 0.735. The summed E-state index contributed by atoms with van der Waals surface area (Å²) in [7, 11) is 3.47. The Bertz CT molecular complexity index is 890. The lowest BCUT2D eigenvalue weighted by Gasteiger charge is -2.24. The molecule has 0 radical (unpaired) electrons. The zero-order chi connectivity index (χ0) is 22.9. The molecule has 0 atom stereocenters. The first-order chi connectivity index (χ1) is 15.4. The van der Waals surface area contributed by atoms with Gasteiger partial charge in [0, 0.05) is 20.6 Å². The van der Waals surface area contributed by atoms with Crippen LogP contribution in [0.25, 0.3) is 5.70 Å². The highest BCUT2D eigenvalue weighted by Gasteiger charge is 2.16. The van der Waals surface area contributed by atoms with Crippen LogP contribution in [0.3, 0.4) is 0 Å². The summed E-state index contributed by atoms with van der Waals surface area (Å²) in [6, 6.07) is 17.4. The number of carbonyl (C=O) groups is 1. The highest BCUT2D eigenvalue weighted by molar-refractivity contribution is 5.75. The van der Waals surface area contributed by atoms with E-state index in [1.165, 1.54) is 24.3 Å². The molecule has 7 nitrogen and oxygen atoms in total. The minimum absolute atomic E-state index is 0.197. The number of hydrazine groups is 1. The van der Waals surface area contributed by atoms with E-state index in [1.54, 1.807) is 19.0 Å². The molecule has 2 aromatic rings. The predicted molar refractivity (Wildman–Crippen MR) is 128 cm³/mol. The van der Waals surface area contributed by atoms with Crippen LogP contribution in [0, 0.1) is 0 Å². The second kappa shape index (κ2) is 11.4. The molecule has 0 aromatic heterocycles. The third-order valence-corrected chi connectivity index (χ3v) is 5.77. The van der Waals surface area contributed by atoms with Gasteiger partial charge in [0.05, 0.1) is 24.0 Å². The topological polar surface area (TPSA) is 96.8 Å². The quantitative estimate of drug-likeness (QED) is 0.432. The van der Waals surface area contributed by atoms with Crippen molar-refractivity contribution in [1.82, 2.24) is 15.2 Å². The molecule has 0 aliphatic heterocycles. The van der Waals surface area contributed by atoms with Gasteiger partial charge in [0.15, 0.2) is 0 Å². The van der Waals surface area contributed by atoms with Gasteiger partial charge in [-0.1, -0.05) is 36.8 Å². The zero-order valence-electron chi connectivity index (χ0n) is 19.1. The van der Waals surface area contributed by atoms with E-state index < -0.39 is 0 Å². The zero-order valence-corrected chi connectivity index (χ0v) is 19.1. The van der Waals surface area contributed by atoms with Crippen molar-refractivity contribution in [3.8, 4) is 5.75 Å². The SMILES string of the molecule is CN(Cc1ccccc1)C(=O)NC/C(=C(/N)c1ccc(OC2CCCCC2)cc1)N(C)N. The normalized spacial score (nSPS) is 15.0. The summed E-state index contributed by atoms with van der Waals surface area (Å²) in [5.41, 5.74) is 9.46. The van der Waals surface area contributed by atoms with Gasteiger partial charge in [0.2, 0.25) is 0 Å². The van der Waals surface area contributed by atoms with Gasteiger partial charge >= 0.3 is 6.03 Å². The van der Waals surface area contributed by atoms with Gasteiger partial charge < -0.3 is 25.7 Å². The molecule has 172 valence electrons. The molecule has 2 amide bonds. The molecule has 0 unspecified atom stereocenters. The molecule has 0 bridgehead atoms. The summed E-state index contributed by atoms with van der Waals surface area (Å²) in [4.78, 5) is 14.2. The Balaban J connectivity index is 1.61. The highest BCUT2D eigenvalue weighted by Crippen LogP contribution is 2.25. The van der Waals surface area contributed by atoms with Crippen molar-refractivity contribution < 1.29 is 9.53 Å². The molecule has 32 heavy (non-hydrogen) atoms. The molecule has 1 aliphatic carbocycles. The summed E-state index contributed by atoms with van der Waals surface area (Å²) in [5.74, 6) is 6.87. The molecular weight excluding hydrogens is 402 g/mol. The molecule has 0 heterocycles. The standard InChI is InChI=1S/C25H35N5O2/c1-29(18-19-9-5-3-6-10-19)25(31)28-17-23(30(2)27)24(26)20-13-15-22(16-14-20)32-21-11-7-4-8-12-21/h3,5-6,9-10,13-16,21H,4,7-8,11-12,17-18,26-27H2,1-2H3,(H,28,31)/b24-23-. The number of benzene rings is 2. The van der Waals surface area contributed by atoms with Crippen LogP contribution in [0.2, 0.25) is 0 Å². The maximum absolute atomic E-state index is 12.5. The summed E-state index contributed by atoms with van der Waals surface area (Å²) < 4.78 is 6.10. The van der Waals surface area contributed by atoms with Crippen LogP contribution < -0.4 is 21.6 Å². The first-order valence-electron chi connectivity index (χ1n) is 11.2. The van der Waals surface area contributed by atoms with Crippen molar-refractivity contribution in [1.29, 1.82) is 0 Å². The lowest BCUT2D eigenvalue weighted by Crippen LogP contribution is -2.41. The maximum atomic E-state index is 12.5. The monoisotopic (exact) mass is 437 g/mol. The van der Waals surface area contributed by atoms with Crippen molar-refractivity contribution in [2.75, 3.05) is 20.6 Å². The van der Waals surface area contributed by atoms with E-state index in [0.717, 1.165) is 29.7 Å². The van der Waals surface area contributed by atoms with Gasteiger partial charge in [-0.15, -0.1) is 0 Å². The molecule has 7 heteroatoms. The fourth-order valence-corrected chi connectivity index (χ4v) is 3.89. The number of nitrogens with two attached hydrogens (primary N) is 2. The van der Waals surface area contributed by atoms with E-state index in [9.17, 15) is 4.79 Å². The number of amides is 2. The molecule has 0 saturated heterocycles. The van der Waals surface area contributed by atoms with Crippen LogP contribution in [-0.2, 0) is 6.54 Å². The number of urea groups is 1. The largest absolute Gasteiger partial charge is 0.490 e. The van der Waals surface area contributed by atoms with Crippen LogP contribution in [0.4, 0.5) is 4.79 Å². The Morgan fingerprint density at radius 1 is 1.03 bits per heavy atom. The second-order valence-corrected chi connectivity index (χ2v) is 8.37. The average molecular weight is 438 g/mol. The Labute approximate surface area is 191 Å². The molecule has 1 aliphatic rings. The number of hydrogen-bond acceptors (Lipinski definition) is 5. The summed E-state index contributed by atoms with van der Waals surface area (Å²) in [5, 5.41) is 4.35. The second-order valence-electron chi connectivity index (χ2n) is 8.37. The Morgan fingerprint density at radius 3 is 2.31 bits per heavy atom. The number of nitrogens with one attached hydrogen (secondary N) is 1. The highest BCUT2D eigenvalue weighted by atomic mass is 16.5. The molecule has 2 aromatic carbocycles. The molecule has 3 rings (SSSR count). The van der Waals surface area contributed by atoms with E-state index in [4.69, 9.17) is 16.3 Å². The van der Waals surface area contributed by atoms with Gasteiger partial charge in [-0.05, 0) is 61.1 Å². The van der Waals surface area contributed by atoms with Crippen molar-refractivity contribution in [2.45, 2.75) is 44.8 Å². The molecular formula is C25H35N5O2. The van der Waals surface area contributed by atoms with Gasteiger partial charge in [-0.25, -0.2) is 10.6 Å². The number of likely N-dealkylation sites (N-methyl/N-ethyl adjacent to an activating group) is 1. The fourth-order valence-electron chi connectivity index (χ4n) is 3.89. The van der Waals surface area contributed by atoms with Crippen LogP contribution >= 0.6 is 0 Å². The number of ether oxygens (including phenoxy) is 1. The van der Waals surface area contributed by atoms with Crippen LogP contribution in [0.15, 0.2) is 60.3 Å². The van der Waals surface area contributed by atoms with Crippen molar-refractivity contribution in [3.63, 3.8) is 0 Å². The lowest BCUT2D eigenvalue weighted by atomic mass is 9.98. The van der Waals surface area contributed by atoms with Crippen molar-refractivity contribution in [3.05, 3.63) is 71.4 Å². The molecule has 0 spiro atoms. The minimum atomic E-state index is -0.197. The number of carbonyl (C=O) groups excluding carboxylic acids is 1. The Hall–Kier alpha value is -3.19.